The van der Waals surface area contributed by atoms with Crippen LogP contribution in [-0.2, 0) is 27.2 Å². The minimum absolute atomic E-state index is 0.144. The van der Waals surface area contributed by atoms with Crippen molar-refractivity contribution in [1.29, 1.82) is 0 Å². The second-order valence-electron chi connectivity index (χ2n) is 14.8. The molecule has 0 radical (unpaired) electrons. The minimum Gasteiger partial charge on any atom is -0.444 e. The minimum atomic E-state index is -1.10. The molecule has 0 bridgehead atoms. The van der Waals surface area contributed by atoms with Crippen LogP contribution in [-0.4, -0.2) is 91.9 Å². The zero-order chi connectivity index (χ0) is 35.4. The molecule has 4 rings (SSSR count). The maximum Gasteiger partial charge on any atom is 0.411 e. The van der Waals surface area contributed by atoms with Crippen molar-refractivity contribution in [3.8, 4) is 0 Å². The number of nitrogens with zero attached hydrogens (tertiary/aromatic N) is 3. The molecule has 2 heterocycles. The van der Waals surface area contributed by atoms with E-state index in [-0.39, 0.29) is 24.3 Å². The fraction of sp³-hybridized carbons (Fsp3) is 0.641. The van der Waals surface area contributed by atoms with E-state index in [4.69, 9.17) is 4.74 Å². The number of amides is 3. The van der Waals surface area contributed by atoms with Gasteiger partial charge in [-0.1, -0.05) is 75.4 Å². The third kappa shape index (κ3) is 11.8. The molecule has 0 spiro atoms. The van der Waals surface area contributed by atoms with Crippen LogP contribution in [0.15, 0.2) is 54.7 Å². The summed E-state index contributed by atoms with van der Waals surface area (Å²) in [5.41, 5.74) is 1.11. The lowest BCUT2D eigenvalue weighted by atomic mass is 9.82. The molecule has 2 unspecified atom stereocenters. The molecule has 1 aromatic heterocycles. The van der Waals surface area contributed by atoms with E-state index in [2.05, 4.69) is 10.3 Å². The third-order valence-corrected chi connectivity index (χ3v) is 9.93. The van der Waals surface area contributed by atoms with E-state index in [1.165, 1.54) is 6.42 Å². The number of piperazine rings is 1. The van der Waals surface area contributed by atoms with E-state index in [0.717, 1.165) is 36.9 Å². The number of aliphatic hydroxyl groups is 2. The summed E-state index contributed by atoms with van der Waals surface area (Å²) in [5.74, 6) is 0.0475. The topological polar surface area (TPSA) is 132 Å². The smallest absolute Gasteiger partial charge is 0.411 e. The van der Waals surface area contributed by atoms with Crippen molar-refractivity contribution in [2.24, 2.45) is 5.92 Å². The highest BCUT2D eigenvalue weighted by atomic mass is 16.6. The SMILES string of the molecule is CCC(CCC(=O)N[C@@H](CC1CCCCC1)[C@@H](O)[C@@H](O)CCc1ccccn1)N1CCN(C(=O)OC(C)(C)C)C(Cc2ccccc2)C1=O. The second kappa shape index (κ2) is 18.5. The lowest BCUT2D eigenvalue weighted by Crippen LogP contribution is -2.62. The summed E-state index contributed by atoms with van der Waals surface area (Å²) in [5, 5.41) is 25.4. The van der Waals surface area contributed by atoms with E-state index >= 15 is 0 Å². The van der Waals surface area contributed by atoms with Gasteiger partial charge in [-0.25, -0.2) is 4.79 Å². The van der Waals surface area contributed by atoms with Crippen LogP contribution in [0.4, 0.5) is 4.79 Å². The number of nitrogens with one attached hydrogen (secondary N) is 1. The monoisotopic (exact) mass is 678 g/mol. The Hall–Kier alpha value is -3.50. The van der Waals surface area contributed by atoms with Crippen molar-refractivity contribution in [2.75, 3.05) is 13.1 Å². The zero-order valence-electron chi connectivity index (χ0n) is 29.9. The van der Waals surface area contributed by atoms with Crippen molar-refractivity contribution in [1.82, 2.24) is 20.1 Å². The molecule has 10 heteroatoms. The number of carbonyl (C=O) groups is 3. The molecule has 1 saturated carbocycles. The zero-order valence-corrected chi connectivity index (χ0v) is 29.9. The van der Waals surface area contributed by atoms with Crippen LogP contribution < -0.4 is 5.32 Å². The molecule has 1 aliphatic heterocycles. The molecule has 49 heavy (non-hydrogen) atoms. The van der Waals surface area contributed by atoms with Crippen molar-refractivity contribution in [2.45, 2.75) is 141 Å². The summed E-state index contributed by atoms with van der Waals surface area (Å²) in [6.07, 6.45) is 7.87. The maximum atomic E-state index is 14.1. The number of hydrogen-bond donors (Lipinski definition) is 3. The quantitative estimate of drug-likeness (QED) is 0.229. The van der Waals surface area contributed by atoms with Gasteiger partial charge >= 0.3 is 6.09 Å². The second-order valence-corrected chi connectivity index (χ2v) is 14.8. The van der Waals surface area contributed by atoms with E-state index in [0.29, 0.717) is 57.5 Å². The third-order valence-electron chi connectivity index (χ3n) is 9.93. The molecular formula is C39H58N4O6. The normalized spacial score (nSPS) is 20.0. The van der Waals surface area contributed by atoms with Crippen LogP contribution in [0, 0.1) is 5.92 Å². The van der Waals surface area contributed by atoms with E-state index < -0.39 is 36.0 Å². The number of benzene rings is 1. The van der Waals surface area contributed by atoms with Gasteiger partial charge in [0, 0.05) is 43.9 Å². The molecule has 1 saturated heterocycles. The fourth-order valence-electron chi connectivity index (χ4n) is 7.25. The first-order chi connectivity index (χ1) is 23.4. The van der Waals surface area contributed by atoms with E-state index in [1.807, 2.05) is 81.1 Å². The molecular weight excluding hydrogens is 620 g/mol. The maximum absolute atomic E-state index is 14.1. The first-order valence-electron chi connectivity index (χ1n) is 18.3. The first-order valence-corrected chi connectivity index (χ1v) is 18.3. The Labute approximate surface area is 292 Å². The van der Waals surface area contributed by atoms with Crippen LogP contribution in [0.25, 0.3) is 0 Å². The molecule has 2 aromatic rings. The number of aryl methyl sites for hydroxylation is 1. The van der Waals surface area contributed by atoms with Crippen LogP contribution in [0.2, 0.25) is 0 Å². The summed E-state index contributed by atoms with van der Waals surface area (Å²) in [6, 6.07) is 13.8. The Balaban J connectivity index is 1.40. The fourth-order valence-corrected chi connectivity index (χ4v) is 7.25. The van der Waals surface area contributed by atoms with E-state index in [9.17, 15) is 24.6 Å². The molecule has 2 aliphatic rings. The van der Waals surface area contributed by atoms with Crippen molar-refractivity contribution >= 4 is 17.9 Å². The summed E-state index contributed by atoms with van der Waals surface area (Å²) in [6.45, 7) is 8.15. The highest BCUT2D eigenvalue weighted by Crippen LogP contribution is 2.29. The predicted molar refractivity (Wildman–Crippen MR) is 190 cm³/mol. The van der Waals surface area contributed by atoms with Gasteiger partial charge in [-0.2, -0.15) is 0 Å². The van der Waals surface area contributed by atoms with Crippen molar-refractivity contribution in [3.05, 3.63) is 66.0 Å². The Kier molecular flexibility index (Phi) is 14.4. The van der Waals surface area contributed by atoms with Gasteiger partial charge in [0.25, 0.3) is 0 Å². The number of hydrogen-bond acceptors (Lipinski definition) is 7. The van der Waals surface area contributed by atoms with Crippen LogP contribution in [0.1, 0.15) is 103 Å². The summed E-state index contributed by atoms with van der Waals surface area (Å²) < 4.78 is 5.68. The lowest BCUT2D eigenvalue weighted by Gasteiger charge is -2.44. The lowest BCUT2D eigenvalue weighted by molar-refractivity contribution is -0.145. The highest BCUT2D eigenvalue weighted by molar-refractivity contribution is 5.87. The van der Waals surface area contributed by atoms with Crippen LogP contribution >= 0.6 is 0 Å². The molecule has 1 aliphatic carbocycles. The van der Waals surface area contributed by atoms with Crippen molar-refractivity contribution in [3.63, 3.8) is 0 Å². The number of rotatable bonds is 15. The summed E-state index contributed by atoms with van der Waals surface area (Å²) >= 11 is 0. The average Bonchev–Trinajstić information content (AvgIpc) is 3.08. The van der Waals surface area contributed by atoms with Gasteiger partial charge in [-0.15, -0.1) is 0 Å². The average molecular weight is 679 g/mol. The Morgan fingerprint density at radius 2 is 1.71 bits per heavy atom. The van der Waals surface area contributed by atoms with Gasteiger partial charge in [-0.3, -0.25) is 19.5 Å². The predicted octanol–water partition coefficient (Wildman–Crippen LogP) is 5.44. The van der Waals surface area contributed by atoms with E-state index in [1.54, 1.807) is 11.1 Å². The standard InChI is InChI=1S/C39H58N4O6/c1-5-31(42-24-25-43(38(48)49-39(2,3)4)33(37(42)47)27-29-16-10-7-11-17-29)20-22-35(45)41-32(26-28-14-8-6-9-15-28)36(46)34(44)21-19-30-18-12-13-23-40-30/h7,10-13,16-18,23,28,31-34,36,44,46H,5-6,8-9,14-15,19-22,24-27H2,1-4H3,(H,41,45)/t31?,32-,33?,34-,36+/m0/s1. The van der Waals surface area contributed by atoms with Crippen LogP contribution in [0.5, 0.6) is 0 Å². The molecule has 10 nitrogen and oxygen atoms in total. The molecule has 5 atom stereocenters. The number of carbonyl (C=O) groups excluding carboxylic acids is 3. The number of aromatic nitrogens is 1. The van der Waals surface area contributed by atoms with Gasteiger partial charge in [0.2, 0.25) is 11.8 Å². The van der Waals surface area contributed by atoms with Crippen LogP contribution in [0.3, 0.4) is 0 Å². The number of ether oxygens (including phenoxy) is 1. The van der Waals surface area contributed by atoms with Gasteiger partial charge < -0.3 is 25.2 Å². The Bertz CT molecular complexity index is 1310. The van der Waals surface area contributed by atoms with Gasteiger partial charge in [-0.05, 0) is 76.5 Å². The largest absolute Gasteiger partial charge is 0.444 e. The van der Waals surface area contributed by atoms with Gasteiger partial charge in [0.1, 0.15) is 17.7 Å². The Morgan fingerprint density at radius 3 is 2.37 bits per heavy atom. The number of pyridine rings is 1. The molecule has 1 aromatic carbocycles. The number of aliphatic hydroxyl groups excluding tert-OH is 2. The molecule has 3 amide bonds. The van der Waals surface area contributed by atoms with Crippen molar-refractivity contribution < 1.29 is 29.3 Å². The molecule has 2 fully saturated rings. The Morgan fingerprint density at radius 1 is 1.00 bits per heavy atom. The molecule has 3 N–H and O–H groups in total. The van der Waals surface area contributed by atoms with Gasteiger partial charge in [0.15, 0.2) is 0 Å². The molecule has 270 valence electrons. The first kappa shape index (κ1) is 38.3. The van der Waals surface area contributed by atoms with Gasteiger partial charge in [0.05, 0.1) is 12.1 Å². The summed E-state index contributed by atoms with van der Waals surface area (Å²) in [4.78, 5) is 48.5. The highest BCUT2D eigenvalue weighted by Gasteiger charge is 2.41. The summed E-state index contributed by atoms with van der Waals surface area (Å²) in [7, 11) is 0.